The van der Waals surface area contributed by atoms with Crippen LogP contribution in [0.1, 0.15) is 32.3 Å². The summed E-state index contributed by atoms with van der Waals surface area (Å²) in [5.41, 5.74) is 1.02. The van der Waals surface area contributed by atoms with Gasteiger partial charge in [-0.3, -0.25) is 0 Å². The zero-order valence-corrected chi connectivity index (χ0v) is 11.1. The van der Waals surface area contributed by atoms with Gasteiger partial charge in [0, 0.05) is 23.7 Å². The minimum atomic E-state index is -0.223. The summed E-state index contributed by atoms with van der Waals surface area (Å²) in [6.07, 6.45) is 2.56. The third-order valence-corrected chi connectivity index (χ3v) is 4.31. The van der Waals surface area contributed by atoms with Crippen LogP contribution in [0.25, 0.3) is 0 Å². The molecule has 1 fully saturated rings. The number of hydrogen-bond donors (Lipinski definition) is 1. The van der Waals surface area contributed by atoms with Gasteiger partial charge in [0.05, 0.1) is 0 Å². The first kappa shape index (κ1) is 12.8. The van der Waals surface area contributed by atoms with Crippen LogP contribution in [-0.4, -0.2) is 6.54 Å². The standard InChI is InChI=1S/C14H19ClFN/c1-10(2)14(6-7-14)9-17-8-11-12(15)4-3-5-13(11)16/h3-5,10,17H,6-9H2,1-2H3. The molecule has 3 heteroatoms. The molecule has 0 spiro atoms. The van der Waals surface area contributed by atoms with Crippen molar-refractivity contribution in [2.24, 2.45) is 11.3 Å². The summed E-state index contributed by atoms with van der Waals surface area (Å²) in [4.78, 5) is 0. The van der Waals surface area contributed by atoms with E-state index in [1.807, 2.05) is 0 Å². The second-order valence-electron chi connectivity index (χ2n) is 5.32. The van der Waals surface area contributed by atoms with Crippen LogP contribution in [-0.2, 0) is 6.54 Å². The molecule has 0 aliphatic heterocycles. The SMILES string of the molecule is CC(C)C1(CNCc2c(F)cccc2Cl)CC1. The lowest BCUT2D eigenvalue weighted by molar-refractivity contribution is 0.337. The topological polar surface area (TPSA) is 12.0 Å². The van der Waals surface area contributed by atoms with Crippen LogP contribution in [0.5, 0.6) is 0 Å². The Morgan fingerprint density at radius 1 is 1.41 bits per heavy atom. The van der Waals surface area contributed by atoms with Crippen LogP contribution in [0.3, 0.4) is 0 Å². The van der Waals surface area contributed by atoms with E-state index in [0.29, 0.717) is 28.5 Å². The van der Waals surface area contributed by atoms with Crippen molar-refractivity contribution in [2.45, 2.75) is 33.2 Å². The molecule has 1 N–H and O–H groups in total. The first-order chi connectivity index (χ1) is 8.05. The Morgan fingerprint density at radius 2 is 2.12 bits per heavy atom. The summed E-state index contributed by atoms with van der Waals surface area (Å²) in [5.74, 6) is 0.463. The molecule has 0 bridgehead atoms. The second kappa shape index (κ2) is 4.95. The fourth-order valence-corrected chi connectivity index (χ4v) is 2.49. The molecular weight excluding hydrogens is 237 g/mol. The number of halogens is 2. The fraction of sp³-hybridized carbons (Fsp3) is 0.571. The molecule has 1 aliphatic rings. The van der Waals surface area contributed by atoms with Crippen LogP contribution in [0.2, 0.25) is 5.02 Å². The van der Waals surface area contributed by atoms with Gasteiger partial charge in [-0.25, -0.2) is 4.39 Å². The summed E-state index contributed by atoms with van der Waals surface area (Å²) in [6.45, 7) is 5.98. The zero-order valence-electron chi connectivity index (χ0n) is 10.4. The first-order valence-electron chi connectivity index (χ1n) is 6.19. The molecule has 0 amide bonds. The normalized spacial score (nSPS) is 17.5. The largest absolute Gasteiger partial charge is 0.312 e. The van der Waals surface area contributed by atoms with Gasteiger partial charge in [0.1, 0.15) is 5.82 Å². The summed E-state index contributed by atoms with van der Waals surface area (Å²) in [5, 5.41) is 3.85. The minimum Gasteiger partial charge on any atom is -0.312 e. The van der Waals surface area contributed by atoms with Crippen molar-refractivity contribution in [1.29, 1.82) is 0 Å². The van der Waals surface area contributed by atoms with Crippen molar-refractivity contribution in [1.82, 2.24) is 5.32 Å². The van der Waals surface area contributed by atoms with Gasteiger partial charge >= 0.3 is 0 Å². The van der Waals surface area contributed by atoms with Crippen LogP contribution >= 0.6 is 11.6 Å². The molecule has 0 saturated heterocycles. The van der Waals surface area contributed by atoms with Gasteiger partial charge in [0.25, 0.3) is 0 Å². The first-order valence-corrected chi connectivity index (χ1v) is 6.56. The van der Waals surface area contributed by atoms with Gasteiger partial charge in [0.15, 0.2) is 0 Å². The van der Waals surface area contributed by atoms with Crippen molar-refractivity contribution < 1.29 is 4.39 Å². The predicted octanol–water partition coefficient (Wildman–Crippen LogP) is 4.00. The average molecular weight is 256 g/mol. The summed E-state index contributed by atoms with van der Waals surface area (Å²) in [7, 11) is 0. The highest BCUT2D eigenvalue weighted by Crippen LogP contribution is 2.51. The third-order valence-electron chi connectivity index (χ3n) is 3.96. The molecule has 0 heterocycles. The molecule has 1 saturated carbocycles. The molecule has 1 aromatic rings. The van der Waals surface area contributed by atoms with Crippen molar-refractivity contribution in [2.75, 3.05) is 6.54 Å². The maximum absolute atomic E-state index is 13.5. The van der Waals surface area contributed by atoms with E-state index in [-0.39, 0.29) is 5.82 Å². The van der Waals surface area contributed by atoms with E-state index >= 15 is 0 Å². The van der Waals surface area contributed by atoms with E-state index in [2.05, 4.69) is 19.2 Å². The van der Waals surface area contributed by atoms with Crippen LogP contribution in [0, 0.1) is 17.2 Å². The van der Waals surface area contributed by atoms with Gasteiger partial charge in [0.2, 0.25) is 0 Å². The highest BCUT2D eigenvalue weighted by atomic mass is 35.5. The van der Waals surface area contributed by atoms with Crippen molar-refractivity contribution in [3.63, 3.8) is 0 Å². The van der Waals surface area contributed by atoms with Crippen molar-refractivity contribution in [3.8, 4) is 0 Å². The molecule has 0 unspecified atom stereocenters. The highest BCUT2D eigenvalue weighted by molar-refractivity contribution is 6.31. The molecule has 1 nitrogen and oxygen atoms in total. The fourth-order valence-electron chi connectivity index (χ4n) is 2.26. The summed E-state index contributed by atoms with van der Waals surface area (Å²) >= 11 is 5.98. The Hall–Kier alpha value is -0.600. The van der Waals surface area contributed by atoms with Gasteiger partial charge in [-0.1, -0.05) is 31.5 Å². The average Bonchev–Trinajstić information content (AvgIpc) is 3.03. The predicted molar refractivity (Wildman–Crippen MR) is 69.6 cm³/mol. The Bertz CT molecular complexity index is 379. The molecule has 1 aromatic carbocycles. The molecule has 2 rings (SSSR count). The Labute approximate surface area is 107 Å². The van der Waals surface area contributed by atoms with E-state index in [1.54, 1.807) is 12.1 Å². The molecule has 0 aromatic heterocycles. The second-order valence-corrected chi connectivity index (χ2v) is 5.73. The number of rotatable bonds is 5. The summed E-state index contributed by atoms with van der Waals surface area (Å²) < 4.78 is 13.5. The van der Waals surface area contributed by atoms with E-state index < -0.39 is 0 Å². The molecular formula is C14H19ClFN. The zero-order chi connectivity index (χ0) is 12.5. The van der Waals surface area contributed by atoms with Crippen LogP contribution in [0.15, 0.2) is 18.2 Å². The Balaban J connectivity index is 1.91. The molecule has 1 aliphatic carbocycles. The smallest absolute Gasteiger partial charge is 0.129 e. The van der Waals surface area contributed by atoms with Crippen LogP contribution in [0.4, 0.5) is 4.39 Å². The van der Waals surface area contributed by atoms with Gasteiger partial charge < -0.3 is 5.32 Å². The molecule has 17 heavy (non-hydrogen) atoms. The third kappa shape index (κ3) is 2.80. The van der Waals surface area contributed by atoms with Crippen LogP contribution < -0.4 is 5.32 Å². The van der Waals surface area contributed by atoms with E-state index in [9.17, 15) is 4.39 Å². The lowest BCUT2D eigenvalue weighted by Gasteiger charge is -2.20. The molecule has 94 valence electrons. The maximum atomic E-state index is 13.5. The highest BCUT2D eigenvalue weighted by Gasteiger charge is 2.44. The van der Waals surface area contributed by atoms with Gasteiger partial charge in [-0.15, -0.1) is 0 Å². The van der Waals surface area contributed by atoms with Crippen molar-refractivity contribution in [3.05, 3.63) is 34.6 Å². The maximum Gasteiger partial charge on any atom is 0.129 e. The lowest BCUT2D eigenvalue weighted by atomic mass is 9.92. The monoisotopic (exact) mass is 255 g/mol. The number of benzene rings is 1. The van der Waals surface area contributed by atoms with Gasteiger partial charge in [-0.2, -0.15) is 0 Å². The minimum absolute atomic E-state index is 0.223. The van der Waals surface area contributed by atoms with E-state index in [0.717, 1.165) is 6.54 Å². The lowest BCUT2D eigenvalue weighted by Crippen LogP contribution is -2.27. The molecule has 0 atom stereocenters. The Morgan fingerprint density at radius 3 is 2.65 bits per heavy atom. The summed E-state index contributed by atoms with van der Waals surface area (Å²) in [6, 6.07) is 4.83. The number of nitrogens with one attached hydrogen (secondary N) is 1. The Kier molecular flexibility index (Phi) is 3.74. The quantitative estimate of drug-likeness (QED) is 0.839. The van der Waals surface area contributed by atoms with Crippen molar-refractivity contribution >= 4 is 11.6 Å². The van der Waals surface area contributed by atoms with E-state index in [1.165, 1.54) is 18.9 Å². The number of hydrogen-bond acceptors (Lipinski definition) is 1. The van der Waals surface area contributed by atoms with Gasteiger partial charge in [-0.05, 0) is 36.3 Å². The molecule has 0 radical (unpaired) electrons. The van der Waals surface area contributed by atoms with E-state index in [4.69, 9.17) is 11.6 Å².